The average Bonchev–Trinajstić information content (AvgIpc) is 2.67. The van der Waals surface area contributed by atoms with Gasteiger partial charge in [-0.1, -0.05) is 30.3 Å². The first kappa shape index (κ1) is 21.6. The lowest BCUT2D eigenvalue weighted by Gasteiger charge is -2.38. The van der Waals surface area contributed by atoms with Crippen LogP contribution >= 0.6 is 0 Å². The molecule has 4 rings (SSSR count). The fourth-order valence-electron chi connectivity index (χ4n) is 3.38. The van der Waals surface area contributed by atoms with Gasteiger partial charge in [-0.05, 0) is 18.5 Å². The molecule has 3 aliphatic heterocycles. The molecule has 0 unspecified atom stereocenters. The van der Waals surface area contributed by atoms with Crippen LogP contribution in [-0.2, 0) is 13.3 Å². The summed E-state index contributed by atoms with van der Waals surface area (Å²) in [6.45, 7) is 9.76. The standard InChI is InChI=1S/C20H34N4O3Si/c1-2-5-20(6-3-1)19-23-11-10-22-9-8-21-7-4-18-28-25-15-12-24(13-16-26-28)14-17-27-28/h1-3,5-6,19,21-22H,4,7-18H2. The van der Waals surface area contributed by atoms with Crippen LogP contribution in [0.5, 0.6) is 0 Å². The highest BCUT2D eigenvalue weighted by molar-refractivity contribution is 6.60. The molecule has 0 atom stereocenters. The van der Waals surface area contributed by atoms with Crippen LogP contribution in [0.4, 0.5) is 0 Å². The number of nitrogens with one attached hydrogen (secondary N) is 2. The molecule has 7 nitrogen and oxygen atoms in total. The maximum Gasteiger partial charge on any atom is 0.501 e. The zero-order valence-corrected chi connectivity index (χ0v) is 17.8. The molecule has 0 aliphatic carbocycles. The van der Waals surface area contributed by atoms with Gasteiger partial charge in [-0.3, -0.25) is 9.89 Å². The molecule has 2 bridgehead atoms. The van der Waals surface area contributed by atoms with Gasteiger partial charge >= 0.3 is 8.80 Å². The predicted molar refractivity (Wildman–Crippen MR) is 114 cm³/mol. The first-order valence-electron chi connectivity index (χ1n) is 10.5. The van der Waals surface area contributed by atoms with Crippen LogP contribution in [-0.4, -0.2) is 92.1 Å². The lowest BCUT2D eigenvalue weighted by molar-refractivity contribution is -0.00849. The van der Waals surface area contributed by atoms with Gasteiger partial charge in [0.05, 0.1) is 26.4 Å². The molecule has 3 saturated heterocycles. The Kier molecular flexibility index (Phi) is 9.58. The molecule has 0 amide bonds. The Labute approximate surface area is 169 Å². The largest absolute Gasteiger partial charge is 0.501 e. The number of hydrogen-bond donors (Lipinski definition) is 2. The van der Waals surface area contributed by atoms with E-state index in [2.05, 4.69) is 32.7 Å². The lowest BCUT2D eigenvalue weighted by Crippen LogP contribution is -2.55. The third-order valence-electron chi connectivity index (χ3n) is 4.96. The predicted octanol–water partition coefficient (Wildman–Crippen LogP) is 0.993. The van der Waals surface area contributed by atoms with Crippen molar-refractivity contribution in [2.45, 2.75) is 12.5 Å². The molecule has 0 aromatic heterocycles. The van der Waals surface area contributed by atoms with E-state index >= 15 is 0 Å². The number of hydrogen-bond acceptors (Lipinski definition) is 7. The van der Waals surface area contributed by atoms with E-state index in [0.717, 1.165) is 90.2 Å². The summed E-state index contributed by atoms with van der Waals surface area (Å²) in [7, 11) is -2.44. The van der Waals surface area contributed by atoms with E-state index in [4.69, 9.17) is 13.3 Å². The van der Waals surface area contributed by atoms with Gasteiger partial charge in [0.15, 0.2) is 0 Å². The first-order chi connectivity index (χ1) is 13.9. The van der Waals surface area contributed by atoms with Gasteiger partial charge < -0.3 is 23.9 Å². The summed E-state index contributed by atoms with van der Waals surface area (Å²) in [5, 5.41) is 6.90. The fourth-order valence-corrected chi connectivity index (χ4v) is 5.88. The summed E-state index contributed by atoms with van der Waals surface area (Å²) in [6.07, 6.45) is 2.95. The van der Waals surface area contributed by atoms with Gasteiger partial charge in [-0.15, -0.1) is 0 Å². The molecular formula is C20H34N4O3Si. The van der Waals surface area contributed by atoms with Gasteiger partial charge in [0.2, 0.25) is 0 Å². The van der Waals surface area contributed by atoms with Crippen LogP contribution < -0.4 is 10.6 Å². The maximum atomic E-state index is 6.06. The van der Waals surface area contributed by atoms with Crippen molar-refractivity contribution >= 4 is 15.0 Å². The maximum absolute atomic E-state index is 6.06. The highest BCUT2D eigenvalue weighted by Crippen LogP contribution is 2.21. The monoisotopic (exact) mass is 406 g/mol. The van der Waals surface area contributed by atoms with Crippen LogP contribution in [0.2, 0.25) is 6.04 Å². The fraction of sp³-hybridized carbons (Fsp3) is 0.650. The zero-order valence-electron chi connectivity index (χ0n) is 16.8. The van der Waals surface area contributed by atoms with E-state index in [1.54, 1.807) is 0 Å². The Bertz CT molecular complexity index is 549. The van der Waals surface area contributed by atoms with Gasteiger partial charge in [-0.25, -0.2) is 0 Å². The van der Waals surface area contributed by atoms with Crippen LogP contribution in [0.15, 0.2) is 35.3 Å². The molecule has 3 aliphatic rings. The molecule has 1 aromatic carbocycles. The van der Waals surface area contributed by atoms with Crippen molar-refractivity contribution in [1.82, 2.24) is 15.5 Å². The van der Waals surface area contributed by atoms with Crippen molar-refractivity contribution in [3.05, 3.63) is 35.9 Å². The van der Waals surface area contributed by atoms with Gasteiger partial charge in [0, 0.05) is 51.5 Å². The van der Waals surface area contributed by atoms with Crippen molar-refractivity contribution in [3.63, 3.8) is 0 Å². The molecule has 1 aromatic rings. The second-order valence-electron chi connectivity index (χ2n) is 7.12. The minimum Gasteiger partial charge on any atom is -0.372 e. The van der Waals surface area contributed by atoms with Crippen molar-refractivity contribution in [2.24, 2.45) is 4.99 Å². The number of aliphatic imine (C=N–C) groups is 1. The normalized spacial score (nSPS) is 25.5. The molecule has 0 radical (unpaired) electrons. The van der Waals surface area contributed by atoms with Gasteiger partial charge in [0.25, 0.3) is 0 Å². The van der Waals surface area contributed by atoms with Crippen molar-refractivity contribution in [3.8, 4) is 0 Å². The molecule has 2 N–H and O–H groups in total. The summed E-state index contributed by atoms with van der Waals surface area (Å²) in [5.74, 6) is 0. The van der Waals surface area contributed by atoms with Crippen LogP contribution in [0.1, 0.15) is 12.0 Å². The van der Waals surface area contributed by atoms with Crippen molar-refractivity contribution < 1.29 is 13.3 Å². The van der Waals surface area contributed by atoms with Crippen LogP contribution in [0.25, 0.3) is 0 Å². The Morgan fingerprint density at radius 3 is 2.21 bits per heavy atom. The van der Waals surface area contributed by atoms with Crippen LogP contribution in [0, 0.1) is 0 Å². The molecule has 0 saturated carbocycles. The van der Waals surface area contributed by atoms with E-state index in [0.29, 0.717) is 0 Å². The first-order valence-corrected chi connectivity index (χ1v) is 12.4. The molecular weight excluding hydrogens is 372 g/mol. The average molecular weight is 407 g/mol. The number of rotatable bonds is 11. The van der Waals surface area contributed by atoms with Crippen LogP contribution in [0.3, 0.4) is 0 Å². The Balaban J connectivity index is 1.19. The topological polar surface area (TPSA) is 67.4 Å². The van der Waals surface area contributed by atoms with E-state index in [1.165, 1.54) is 0 Å². The van der Waals surface area contributed by atoms with Gasteiger partial charge in [-0.2, -0.15) is 0 Å². The zero-order chi connectivity index (χ0) is 19.3. The van der Waals surface area contributed by atoms with Gasteiger partial charge in [0.1, 0.15) is 0 Å². The van der Waals surface area contributed by atoms with E-state index < -0.39 is 8.80 Å². The minimum absolute atomic E-state index is 0.732. The molecule has 0 spiro atoms. The molecule has 28 heavy (non-hydrogen) atoms. The SMILES string of the molecule is C(=NCCNCCNCCC[Si]12OCCN(CCO1)CCO2)c1ccccc1. The number of nitrogens with zero attached hydrogens (tertiary/aromatic N) is 2. The summed E-state index contributed by atoms with van der Waals surface area (Å²) >= 11 is 0. The van der Waals surface area contributed by atoms with E-state index in [1.807, 2.05) is 24.4 Å². The highest BCUT2D eigenvalue weighted by Gasteiger charge is 2.43. The van der Waals surface area contributed by atoms with Crippen molar-refractivity contribution in [1.29, 1.82) is 0 Å². The minimum atomic E-state index is -2.44. The van der Waals surface area contributed by atoms with Crippen molar-refractivity contribution in [2.75, 3.05) is 72.2 Å². The third-order valence-corrected chi connectivity index (χ3v) is 7.86. The molecule has 3 fully saturated rings. The number of fused-ring (bicyclic) bond motifs is 6. The van der Waals surface area contributed by atoms with E-state index in [-0.39, 0.29) is 0 Å². The van der Waals surface area contributed by atoms with E-state index in [9.17, 15) is 0 Å². The Morgan fingerprint density at radius 2 is 1.54 bits per heavy atom. The highest BCUT2D eigenvalue weighted by atomic mass is 28.4. The summed E-state index contributed by atoms with van der Waals surface area (Å²) in [6, 6.07) is 11.1. The molecule has 156 valence electrons. The lowest BCUT2D eigenvalue weighted by atomic mass is 10.2. The molecule has 3 heterocycles. The smallest absolute Gasteiger partial charge is 0.372 e. The third kappa shape index (κ3) is 7.71. The number of benzene rings is 1. The summed E-state index contributed by atoms with van der Waals surface area (Å²) in [4.78, 5) is 6.78. The summed E-state index contributed by atoms with van der Waals surface area (Å²) < 4.78 is 18.2. The molecule has 8 heteroatoms. The quantitative estimate of drug-likeness (QED) is 0.325. The second kappa shape index (κ2) is 12.4. The second-order valence-corrected chi connectivity index (χ2v) is 9.85. The summed E-state index contributed by atoms with van der Waals surface area (Å²) in [5.41, 5.74) is 1.15. The Hall–Kier alpha value is -1.13. The Morgan fingerprint density at radius 1 is 0.893 bits per heavy atom.